The van der Waals surface area contributed by atoms with Crippen LogP contribution in [0.15, 0.2) is 18.2 Å². The lowest BCUT2D eigenvalue weighted by Gasteiger charge is -2.26. The van der Waals surface area contributed by atoms with Crippen molar-refractivity contribution < 1.29 is 4.74 Å². The molecule has 1 aromatic rings. The monoisotopic (exact) mass is 267 g/mol. The highest BCUT2D eigenvalue weighted by Crippen LogP contribution is 2.32. The van der Waals surface area contributed by atoms with E-state index in [1.54, 1.807) is 0 Å². The lowest BCUT2D eigenvalue weighted by atomic mass is 9.97. The van der Waals surface area contributed by atoms with E-state index in [1.807, 2.05) is 18.2 Å². The third kappa shape index (κ3) is 3.39. The number of hydrogen-bond donors (Lipinski definition) is 1. The molecule has 1 heterocycles. The van der Waals surface area contributed by atoms with E-state index >= 15 is 0 Å². The van der Waals surface area contributed by atoms with Gasteiger partial charge in [0.05, 0.1) is 0 Å². The summed E-state index contributed by atoms with van der Waals surface area (Å²) in [5.41, 5.74) is 1.24. The number of nitrogens with one attached hydrogen (secondary N) is 1. The highest BCUT2D eigenvalue weighted by atomic mass is 35.5. The molecule has 1 aliphatic heterocycles. The molecule has 18 heavy (non-hydrogen) atoms. The molecule has 1 aromatic carbocycles. The van der Waals surface area contributed by atoms with Crippen molar-refractivity contribution in [2.75, 3.05) is 13.1 Å². The Hall–Kier alpha value is -0.730. The maximum absolute atomic E-state index is 6.17. The topological polar surface area (TPSA) is 21.3 Å². The molecule has 0 amide bonds. The first-order valence-electron chi connectivity index (χ1n) is 6.87. The van der Waals surface area contributed by atoms with Gasteiger partial charge in [-0.3, -0.25) is 0 Å². The van der Waals surface area contributed by atoms with Crippen molar-refractivity contribution in [1.29, 1.82) is 0 Å². The second-order valence-corrected chi connectivity index (χ2v) is 5.50. The zero-order chi connectivity index (χ0) is 13.0. The highest BCUT2D eigenvalue weighted by Gasteiger charge is 2.18. The molecule has 1 fully saturated rings. The van der Waals surface area contributed by atoms with E-state index in [4.69, 9.17) is 16.3 Å². The van der Waals surface area contributed by atoms with Gasteiger partial charge in [0.15, 0.2) is 0 Å². The molecule has 1 aliphatic rings. The number of hydrogen-bond acceptors (Lipinski definition) is 2. The number of rotatable bonds is 4. The van der Waals surface area contributed by atoms with E-state index in [2.05, 4.69) is 19.2 Å². The van der Waals surface area contributed by atoms with Crippen LogP contribution in [0.1, 0.15) is 44.6 Å². The van der Waals surface area contributed by atoms with Crippen LogP contribution in [0.4, 0.5) is 0 Å². The van der Waals surface area contributed by atoms with Gasteiger partial charge in [0, 0.05) is 5.02 Å². The van der Waals surface area contributed by atoms with E-state index in [9.17, 15) is 0 Å². The van der Waals surface area contributed by atoms with Crippen LogP contribution in [0.3, 0.4) is 0 Å². The maximum Gasteiger partial charge on any atom is 0.123 e. The molecule has 0 saturated carbocycles. The summed E-state index contributed by atoms with van der Waals surface area (Å²) in [4.78, 5) is 0. The van der Waals surface area contributed by atoms with Crippen molar-refractivity contribution in [3.8, 4) is 5.75 Å². The average Bonchev–Trinajstić information content (AvgIpc) is 2.41. The average molecular weight is 268 g/mol. The van der Waals surface area contributed by atoms with Gasteiger partial charge >= 0.3 is 0 Å². The minimum Gasteiger partial charge on any atom is -0.490 e. The van der Waals surface area contributed by atoms with E-state index in [-0.39, 0.29) is 0 Å². The molecule has 2 rings (SSSR count). The summed E-state index contributed by atoms with van der Waals surface area (Å²) in [6.45, 7) is 6.52. The van der Waals surface area contributed by atoms with E-state index < -0.39 is 0 Å². The zero-order valence-electron chi connectivity index (χ0n) is 11.2. The molecule has 1 N–H and O–H groups in total. The van der Waals surface area contributed by atoms with Crippen LogP contribution in [0.5, 0.6) is 5.75 Å². The van der Waals surface area contributed by atoms with Crippen LogP contribution in [-0.2, 0) is 0 Å². The smallest absolute Gasteiger partial charge is 0.123 e. The van der Waals surface area contributed by atoms with E-state index in [1.165, 1.54) is 5.56 Å². The van der Waals surface area contributed by atoms with Gasteiger partial charge in [-0.2, -0.15) is 0 Å². The van der Waals surface area contributed by atoms with Gasteiger partial charge in [-0.25, -0.2) is 0 Å². The molecular weight excluding hydrogens is 246 g/mol. The molecule has 2 nitrogen and oxygen atoms in total. The van der Waals surface area contributed by atoms with E-state index in [0.717, 1.165) is 43.1 Å². The highest BCUT2D eigenvalue weighted by molar-refractivity contribution is 6.30. The van der Waals surface area contributed by atoms with Gasteiger partial charge in [0.25, 0.3) is 0 Å². The summed E-state index contributed by atoms with van der Waals surface area (Å²) in [6, 6.07) is 5.99. The number of ether oxygens (including phenoxy) is 1. The Morgan fingerprint density at radius 2 is 2.11 bits per heavy atom. The molecule has 100 valence electrons. The molecular formula is C15H22ClNO. The van der Waals surface area contributed by atoms with Crippen molar-refractivity contribution in [3.05, 3.63) is 28.8 Å². The second-order valence-electron chi connectivity index (χ2n) is 5.06. The second kappa shape index (κ2) is 6.44. The minimum absolute atomic E-state index is 0.343. The Kier molecular flexibility index (Phi) is 4.90. The molecule has 1 saturated heterocycles. The van der Waals surface area contributed by atoms with Crippen molar-refractivity contribution in [3.63, 3.8) is 0 Å². The normalized spacial score (nSPS) is 18.6. The number of halogens is 1. The minimum atomic E-state index is 0.343. The molecule has 0 bridgehead atoms. The lowest BCUT2D eigenvalue weighted by Crippen LogP contribution is -2.34. The third-order valence-electron chi connectivity index (χ3n) is 3.69. The molecule has 0 aromatic heterocycles. The molecule has 1 atom stereocenters. The van der Waals surface area contributed by atoms with Crippen molar-refractivity contribution in [2.45, 2.75) is 45.1 Å². The van der Waals surface area contributed by atoms with Gasteiger partial charge in [-0.15, -0.1) is 0 Å². The van der Waals surface area contributed by atoms with Crippen molar-refractivity contribution in [2.24, 2.45) is 0 Å². The lowest BCUT2D eigenvalue weighted by molar-refractivity contribution is 0.160. The predicted octanol–water partition coefficient (Wildman–Crippen LogP) is 3.98. The third-order valence-corrected chi connectivity index (χ3v) is 3.93. The summed E-state index contributed by atoms with van der Waals surface area (Å²) < 4.78 is 6.17. The van der Waals surface area contributed by atoms with Gasteiger partial charge < -0.3 is 10.1 Å². The molecule has 0 radical (unpaired) electrons. The first-order valence-corrected chi connectivity index (χ1v) is 7.25. The summed E-state index contributed by atoms with van der Waals surface area (Å²) >= 11 is 6.10. The molecule has 3 heteroatoms. The fourth-order valence-corrected chi connectivity index (χ4v) is 2.51. The Balaban J connectivity index is 2.15. The van der Waals surface area contributed by atoms with Crippen LogP contribution >= 0.6 is 11.6 Å². The summed E-state index contributed by atoms with van der Waals surface area (Å²) in [6.07, 6.45) is 3.61. The molecule has 0 spiro atoms. The quantitative estimate of drug-likeness (QED) is 0.891. The van der Waals surface area contributed by atoms with Crippen LogP contribution in [-0.4, -0.2) is 19.2 Å². The first kappa shape index (κ1) is 13.7. The summed E-state index contributed by atoms with van der Waals surface area (Å²) in [5, 5.41) is 4.15. The van der Waals surface area contributed by atoms with E-state index in [0.29, 0.717) is 12.0 Å². The van der Waals surface area contributed by atoms with Crippen molar-refractivity contribution >= 4 is 11.6 Å². The Morgan fingerprint density at radius 3 is 2.78 bits per heavy atom. The van der Waals surface area contributed by atoms with Crippen LogP contribution in [0.2, 0.25) is 5.02 Å². The fraction of sp³-hybridized carbons (Fsp3) is 0.600. The van der Waals surface area contributed by atoms with Crippen LogP contribution in [0.25, 0.3) is 0 Å². The maximum atomic E-state index is 6.17. The molecule has 0 unspecified atom stereocenters. The summed E-state index contributed by atoms with van der Waals surface area (Å²) in [5.74, 6) is 1.50. The first-order chi connectivity index (χ1) is 8.70. The van der Waals surface area contributed by atoms with Gasteiger partial charge in [-0.05, 0) is 62.0 Å². The number of piperidine rings is 1. The summed E-state index contributed by atoms with van der Waals surface area (Å²) in [7, 11) is 0. The SMILES string of the molecule is CC[C@@H](C)c1cc(Cl)ccc1OC1CCNCC1. The van der Waals surface area contributed by atoms with Gasteiger partial charge in [0.2, 0.25) is 0 Å². The Morgan fingerprint density at radius 1 is 1.39 bits per heavy atom. The predicted molar refractivity (Wildman–Crippen MR) is 76.7 cm³/mol. The Labute approximate surface area is 115 Å². The van der Waals surface area contributed by atoms with Crippen molar-refractivity contribution in [1.82, 2.24) is 5.32 Å². The number of benzene rings is 1. The Bertz CT molecular complexity index is 388. The van der Waals surface area contributed by atoms with Crippen LogP contribution in [0, 0.1) is 0 Å². The fourth-order valence-electron chi connectivity index (χ4n) is 2.32. The van der Waals surface area contributed by atoms with Gasteiger partial charge in [-0.1, -0.05) is 25.4 Å². The van der Waals surface area contributed by atoms with Gasteiger partial charge in [0.1, 0.15) is 11.9 Å². The molecule has 0 aliphatic carbocycles. The van der Waals surface area contributed by atoms with Crippen LogP contribution < -0.4 is 10.1 Å². The zero-order valence-corrected chi connectivity index (χ0v) is 12.0. The standard InChI is InChI=1S/C15H22ClNO/c1-3-11(2)14-10-12(16)4-5-15(14)18-13-6-8-17-9-7-13/h4-5,10-11,13,17H,3,6-9H2,1-2H3/t11-/m1/s1. The largest absolute Gasteiger partial charge is 0.490 e.